The number of carbonyl (C=O) groups excluding carboxylic acids is 2. The summed E-state index contributed by atoms with van der Waals surface area (Å²) in [6.07, 6.45) is -3.23. The lowest BCUT2D eigenvalue weighted by Crippen LogP contribution is -2.55. The van der Waals surface area contributed by atoms with E-state index >= 15 is 0 Å². The molecule has 274 valence electrons. The van der Waals surface area contributed by atoms with E-state index in [1.165, 1.54) is 24.3 Å². The van der Waals surface area contributed by atoms with Crippen molar-refractivity contribution in [3.05, 3.63) is 93.2 Å². The summed E-state index contributed by atoms with van der Waals surface area (Å²) in [6.45, 7) is 2.06. The van der Waals surface area contributed by atoms with Crippen LogP contribution in [0.5, 0.6) is 11.5 Å². The Kier molecular flexibility index (Phi) is 12.8. The molecule has 3 aromatic carbocycles. The molecular formula is C33H28Cl3F7N4O4. The van der Waals surface area contributed by atoms with E-state index in [0.29, 0.717) is 19.6 Å². The smallest absolute Gasteiger partial charge is 0.404 e. The SMILES string of the molecule is Nc1cc(Cl)c(OC(F)(F)F)cc1/C=C/C(=O)Cl.Nc1cc(Cl)c(OC(F)(F)F)cc1/C=C/C(=O)N1C2CCC1CN(Cc1ccc(F)cc1)C2. The number of nitrogens with two attached hydrogens (primary N) is 2. The molecule has 2 bridgehead atoms. The van der Waals surface area contributed by atoms with Gasteiger partial charge >= 0.3 is 12.7 Å². The average Bonchev–Trinajstić information content (AvgIpc) is 3.28. The molecule has 0 spiro atoms. The number of fused-ring (bicyclic) bond motifs is 2. The zero-order valence-corrected chi connectivity index (χ0v) is 28.3. The number of likely N-dealkylation sites (tertiary alicyclic amines) is 1. The summed E-state index contributed by atoms with van der Waals surface area (Å²) in [6, 6.07) is 10.7. The molecule has 2 atom stereocenters. The number of hydrogen-bond acceptors (Lipinski definition) is 7. The first-order valence-electron chi connectivity index (χ1n) is 14.8. The van der Waals surface area contributed by atoms with Crippen LogP contribution in [0.2, 0.25) is 10.0 Å². The van der Waals surface area contributed by atoms with Crippen molar-refractivity contribution >= 4 is 69.5 Å². The Balaban J connectivity index is 0.000000275. The van der Waals surface area contributed by atoms with E-state index in [2.05, 4.69) is 14.4 Å². The highest BCUT2D eigenvalue weighted by Crippen LogP contribution is 2.36. The minimum Gasteiger partial charge on any atom is -0.404 e. The van der Waals surface area contributed by atoms with Crippen molar-refractivity contribution in [3.63, 3.8) is 0 Å². The van der Waals surface area contributed by atoms with Gasteiger partial charge in [-0.1, -0.05) is 35.3 Å². The van der Waals surface area contributed by atoms with Crippen LogP contribution < -0.4 is 20.9 Å². The molecule has 2 aliphatic rings. The standard InChI is InChI=1S/C23H22ClF4N3O2.C10H6Cl2F3NO2/c24-19-10-20(29)15(9-21(19)33-23(26,27)28)3-8-22(32)31-17-6-7-18(31)13-30(12-17)11-14-1-4-16(25)5-2-14;11-6-4-7(16)5(1-2-9(12)17)3-8(6)18-10(13,14)15/h1-5,8-10,17-18H,6-7,11-13,29H2;1-4H,16H2/b8-3+;2-1+. The van der Waals surface area contributed by atoms with E-state index < -0.39 is 29.5 Å². The number of rotatable bonds is 8. The fourth-order valence-corrected chi connectivity index (χ4v) is 6.08. The van der Waals surface area contributed by atoms with Crippen molar-refractivity contribution in [2.24, 2.45) is 0 Å². The first kappa shape index (κ1) is 39.6. The Labute approximate surface area is 301 Å². The summed E-state index contributed by atoms with van der Waals surface area (Å²) in [4.78, 5) is 27.5. The van der Waals surface area contributed by atoms with Crippen LogP contribution in [0.15, 0.2) is 60.7 Å². The molecule has 4 N–H and O–H groups in total. The van der Waals surface area contributed by atoms with Crippen molar-refractivity contribution in [1.29, 1.82) is 0 Å². The Hall–Kier alpha value is -4.18. The van der Waals surface area contributed by atoms with Gasteiger partial charge in [-0.2, -0.15) is 0 Å². The van der Waals surface area contributed by atoms with Crippen molar-refractivity contribution < 1.29 is 49.8 Å². The summed E-state index contributed by atoms with van der Waals surface area (Å²) in [5.41, 5.74) is 12.9. The van der Waals surface area contributed by atoms with Gasteiger partial charge in [-0.3, -0.25) is 14.5 Å². The molecule has 2 unspecified atom stereocenters. The third-order valence-corrected chi connectivity index (χ3v) is 8.37. The molecule has 2 saturated heterocycles. The predicted octanol–water partition coefficient (Wildman–Crippen LogP) is 8.45. The largest absolute Gasteiger partial charge is 0.573 e. The fourth-order valence-electron chi connectivity index (χ4n) is 5.59. The first-order chi connectivity index (χ1) is 23.8. The second kappa shape index (κ2) is 16.4. The third kappa shape index (κ3) is 11.7. The van der Waals surface area contributed by atoms with Crippen LogP contribution in [-0.2, 0) is 16.1 Å². The van der Waals surface area contributed by atoms with Gasteiger partial charge < -0.3 is 25.8 Å². The highest BCUT2D eigenvalue weighted by molar-refractivity contribution is 6.66. The van der Waals surface area contributed by atoms with Gasteiger partial charge in [-0.15, -0.1) is 26.3 Å². The monoisotopic (exact) mass is 782 g/mol. The normalized spacial score (nSPS) is 17.8. The lowest BCUT2D eigenvalue weighted by Gasteiger charge is -2.40. The molecule has 0 radical (unpaired) electrons. The van der Waals surface area contributed by atoms with Gasteiger partial charge in [0.05, 0.1) is 10.0 Å². The molecule has 3 aromatic rings. The number of halogens is 10. The number of hydrogen-bond donors (Lipinski definition) is 2. The van der Waals surface area contributed by atoms with Crippen molar-refractivity contribution in [3.8, 4) is 11.5 Å². The Bertz CT molecular complexity index is 1790. The molecule has 2 aliphatic heterocycles. The Morgan fingerprint density at radius 3 is 1.67 bits per heavy atom. The van der Waals surface area contributed by atoms with Gasteiger partial charge in [-0.25, -0.2) is 4.39 Å². The number of allylic oxidation sites excluding steroid dienone is 1. The molecule has 51 heavy (non-hydrogen) atoms. The second-order valence-electron chi connectivity index (χ2n) is 11.3. The topological polar surface area (TPSA) is 111 Å². The van der Waals surface area contributed by atoms with Crippen LogP contribution in [0.1, 0.15) is 29.5 Å². The highest BCUT2D eigenvalue weighted by atomic mass is 35.5. The molecule has 18 heteroatoms. The van der Waals surface area contributed by atoms with Crippen LogP contribution in [0, 0.1) is 5.82 Å². The van der Waals surface area contributed by atoms with Crippen molar-refractivity contribution in [1.82, 2.24) is 9.80 Å². The van der Waals surface area contributed by atoms with E-state index in [0.717, 1.165) is 54.8 Å². The Morgan fingerprint density at radius 1 is 0.784 bits per heavy atom. The average molecular weight is 784 g/mol. The van der Waals surface area contributed by atoms with E-state index in [9.17, 15) is 40.3 Å². The van der Waals surface area contributed by atoms with E-state index in [4.69, 9.17) is 46.3 Å². The number of anilines is 2. The molecule has 1 amide bonds. The number of carbonyl (C=O) groups is 2. The zero-order valence-electron chi connectivity index (χ0n) is 26.1. The first-order valence-corrected chi connectivity index (χ1v) is 16.0. The summed E-state index contributed by atoms with van der Waals surface area (Å²) in [5, 5.41) is -1.36. The maximum Gasteiger partial charge on any atom is 0.573 e. The molecular weight excluding hydrogens is 756 g/mol. The summed E-state index contributed by atoms with van der Waals surface area (Å²) >= 11 is 16.4. The quantitative estimate of drug-likeness (QED) is 0.102. The van der Waals surface area contributed by atoms with Crippen LogP contribution in [0.25, 0.3) is 12.2 Å². The number of benzene rings is 3. The molecule has 0 aliphatic carbocycles. The molecule has 8 nitrogen and oxygen atoms in total. The molecule has 0 saturated carbocycles. The maximum absolute atomic E-state index is 13.1. The third-order valence-electron chi connectivity index (χ3n) is 7.66. The molecule has 5 rings (SSSR count). The van der Waals surface area contributed by atoms with Crippen LogP contribution in [0.3, 0.4) is 0 Å². The fraction of sp³-hybridized carbons (Fsp3) is 0.273. The lowest BCUT2D eigenvalue weighted by atomic mass is 10.1. The molecule has 2 fully saturated rings. The highest BCUT2D eigenvalue weighted by Gasteiger charge is 2.41. The number of piperazine rings is 1. The number of alkyl halides is 6. The van der Waals surface area contributed by atoms with E-state index in [-0.39, 0.29) is 56.4 Å². The minimum absolute atomic E-state index is 0.0352. The van der Waals surface area contributed by atoms with Crippen LogP contribution in [-0.4, -0.2) is 58.8 Å². The minimum atomic E-state index is -4.90. The Morgan fingerprint density at radius 2 is 1.24 bits per heavy atom. The molecule has 2 heterocycles. The second-order valence-corrected chi connectivity index (χ2v) is 12.5. The van der Waals surface area contributed by atoms with Gasteiger partial charge in [0.2, 0.25) is 11.1 Å². The van der Waals surface area contributed by atoms with Crippen molar-refractivity contribution in [2.45, 2.75) is 44.2 Å². The predicted molar refractivity (Wildman–Crippen MR) is 179 cm³/mol. The number of ether oxygens (including phenoxy) is 2. The van der Waals surface area contributed by atoms with Gasteiger partial charge in [0.1, 0.15) is 17.3 Å². The molecule has 0 aromatic heterocycles. The van der Waals surface area contributed by atoms with Crippen LogP contribution in [0.4, 0.5) is 42.1 Å². The zero-order chi connectivity index (χ0) is 37.7. The summed E-state index contributed by atoms with van der Waals surface area (Å²) < 4.78 is 94.7. The van der Waals surface area contributed by atoms with Crippen LogP contribution >= 0.6 is 34.8 Å². The number of nitrogen functional groups attached to an aromatic ring is 2. The summed E-state index contributed by atoms with van der Waals surface area (Å²) in [7, 11) is 0. The van der Waals surface area contributed by atoms with Gasteiger partial charge in [-0.05, 0) is 84.6 Å². The maximum atomic E-state index is 13.1. The number of amides is 1. The summed E-state index contributed by atoms with van der Waals surface area (Å²) in [5.74, 6) is -1.70. The van der Waals surface area contributed by atoms with Crippen molar-refractivity contribution in [2.75, 3.05) is 24.6 Å². The van der Waals surface area contributed by atoms with Gasteiger partial charge in [0.25, 0.3) is 0 Å². The van der Waals surface area contributed by atoms with Gasteiger partial charge in [0.15, 0.2) is 0 Å². The van der Waals surface area contributed by atoms with Gasteiger partial charge in [0, 0.05) is 60.3 Å². The number of nitrogens with zero attached hydrogens (tertiary/aromatic N) is 2. The van der Waals surface area contributed by atoms with E-state index in [1.54, 1.807) is 12.1 Å². The lowest BCUT2D eigenvalue weighted by molar-refractivity contribution is -0.275. The van der Waals surface area contributed by atoms with E-state index in [1.807, 2.05) is 4.90 Å².